The number of hydrogen-bond donors (Lipinski definition) is 0. The Morgan fingerprint density at radius 3 is 1.25 bits per heavy atom. The molecule has 1 nitrogen and oxygen atoms in total. The van der Waals surface area contributed by atoms with Gasteiger partial charge in [0.1, 0.15) is 0 Å². The molecule has 0 amide bonds. The molecule has 0 atom stereocenters. The third-order valence-corrected chi connectivity index (χ3v) is 0. The molecule has 4 heteroatoms. The number of rotatable bonds is 0. The van der Waals surface area contributed by atoms with Crippen LogP contribution in [0.1, 0.15) is 0 Å². The third-order valence-electron chi connectivity index (χ3n) is 0. The molecular weight excluding hydrogens is 133 g/mol. The molecule has 24 valence electrons. The fourth-order valence-corrected chi connectivity index (χ4v) is 0. The van der Waals surface area contributed by atoms with Crippen molar-refractivity contribution >= 4 is 0 Å². The van der Waals surface area contributed by atoms with E-state index in [1.165, 1.54) is 0 Å². The van der Waals surface area contributed by atoms with E-state index in [4.69, 9.17) is 3.90 Å². The summed E-state index contributed by atoms with van der Waals surface area (Å²) in [5, 5.41) is 0. The van der Waals surface area contributed by atoms with Gasteiger partial charge in [-0.05, 0) is 0 Å². The van der Waals surface area contributed by atoms with E-state index in [-0.39, 0.29) is 42.0 Å². The minimum absolute atomic E-state index is 0. The normalized spacial score (nSPS) is 1.50. The first-order chi connectivity index (χ1) is 1.00. The van der Waals surface area contributed by atoms with Crippen molar-refractivity contribution in [3.05, 3.63) is 0 Å². The van der Waals surface area contributed by atoms with Crippen molar-refractivity contribution in [3.8, 4) is 0 Å². The zero-order valence-corrected chi connectivity index (χ0v) is 5.85. The average molecular weight is 133 g/mol. The van der Waals surface area contributed by atoms with E-state index < -0.39 is 0 Å². The Labute approximate surface area is 60.8 Å². The Morgan fingerprint density at radius 1 is 1.25 bits per heavy atom. The first-order valence-electron chi connectivity index (χ1n) is 0.129. The third kappa shape index (κ3) is 9.54. The second-order valence-electron chi connectivity index (χ2n) is 0. The van der Waals surface area contributed by atoms with E-state index in [2.05, 4.69) is 15.4 Å². The molecule has 0 unspecified atom stereocenters. The van der Waals surface area contributed by atoms with Gasteiger partial charge in [-0.1, -0.05) is 0 Å². The Morgan fingerprint density at radius 2 is 1.25 bits per heavy atom. The van der Waals surface area contributed by atoms with E-state index in [1.54, 1.807) is 0 Å². The van der Waals surface area contributed by atoms with Crippen LogP contribution in [0.25, 0.3) is 0 Å². The number of halogens is 1. The molecule has 0 aromatic heterocycles. The van der Waals surface area contributed by atoms with Crippen molar-refractivity contribution < 1.29 is 61.3 Å². The minimum atomic E-state index is 0. The number of hydrogen-bond acceptors (Lipinski definition) is 1. The quantitative estimate of drug-likeness (QED) is 0.301. The van der Waals surface area contributed by atoms with Crippen molar-refractivity contribution in [2.75, 3.05) is 0 Å². The van der Waals surface area contributed by atoms with E-state index >= 15 is 0 Å². The molecule has 0 aliphatic heterocycles. The summed E-state index contributed by atoms with van der Waals surface area (Å²) in [4.78, 5) is 0. The van der Waals surface area contributed by atoms with Crippen LogP contribution in [0.4, 0.5) is 0 Å². The molecule has 0 radical (unpaired) electrons. The van der Waals surface area contributed by atoms with E-state index in [9.17, 15) is 0 Å². The fourth-order valence-electron chi connectivity index (χ4n) is 0. The van der Waals surface area contributed by atoms with Gasteiger partial charge in [-0.2, -0.15) is 0 Å². The van der Waals surface area contributed by atoms with Crippen molar-refractivity contribution in [2.24, 2.45) is 0 Å². The van der Waals surface area contributed by atoms with Crippen molar-refractivity contribution in [3.63, 3.8) is 0 Å². The predicted octanol–water partition coefficient (Wildman–Crippen LogP) is -6.11. The fraction of sp³-hybridized carbons (Fsp3) is 0. The van der Waals surface area contributed by atoms with Gasteiger partial charge in [0.05, 0.1) is 0 Å². The molecule has 0 rings (SSSR count). The summed E-state index contributed by atoms with van der Waals surface area (Å²) in [6.07, 6.45) is 0. The Balaban J connectivity index is -0.00000000500. The second kappa shape index (κ2) is 23.5. The Bertz CT molecular complexity index is 8.00. The van der Waals surface area contributed by atoms with Crippen LogP contribution in [0.15, 0.2) is 0 Å². The van der Waals surface area contributed by atoms with E-state index in [0.29, 0.717) is 0 Å². The van der Waals surface area contributed by atoms with Gasteiger partial charge in [0.15, 0.2) is 0 Å². The molecule has 0 aromatic carbocycles. The van der Waals surface area contributed by atoms with Crippen LogP contribution >= 0.6 is 0 Å². The molecular formula is ClNaNiO. The average Bonchev–Trinajstić information content (AvgIpc) is 1.00. The molecule has 0 spiro atoms. The second-order valence-corrected chi connectivity index (χ2v) is 0. The van der Waals surface area contributed by atoms with Crippen LogP contribution < -0.4 is 42.0 Å². The zero-order valence-electron chi connectivity index (χ0n) is 2.10. The zero-order chi connectivity index (χ0) is 2.00. The van der Waals surface area contributed by atoms with Gasteiger partial charge in [0, 0.05) is 0 Å². The SMILES string of the molecule is [Cl-].[Na+].[O]=[Ni]. The first kappa shape index (κ1) is 17.6. The van der Waals surface area contributed by atoms with Gasteiger partial charge in [0.2, 0.25) is 0 Å². The maximum absolute atomic E-state index is 7.88. The molecule has 0 saturated heterocycles. The topological polar surface area (TPSA) is 17.1 Å². The van der Waals surface area contributed by atoms with Gasteiger partial charge in [-0.3, -0.25) is 0 Å². The summed E-state index contributed by atoms with van der Waals surface area (Å²) in [7, 11) is 0. The van der Waals surface area contributed by atoms with Crippen molar-refractivity contribution in [2.45, 2.75) is 0 Å². The summed E-state index contributed by atoms with van der Waals surface area (Å²) in [6, 6.07) is 0. The molecule has 0 fully saturated rings. The molecule has 0 bridgehead atoms. The molecule has 0 aromatic rings. The Hall–Kier alpha value is 1.58. The standard InChI is InChI=1S/ClH.Na.Ni.O/h1H;;;/q;+1;;/p-1. The van der Waals surface area contributed by atoms with Crippen LogP contribution in [0.5, 0.6) is 0 Å². The summed E-state index contributed by atoms with van der Waals surface area (Å²) < 4.78 is 7.88. The molecule has 0 N–H and O–H groups in total. The van der Waals surface area contributed by atoms with Crippen LogP contribution in [0.3, 0.4) is 0 Å². The summed E-state index contributed by atoms with van der Waals surface area (Å²) >= 11 is 2.62. The predicted molar refractivity (Wildman–Crippen MR) is 0.686 cm³/mol. The van der Waals surface area contributed by atoms with Gasteiger partial charge < -0.3 is 12.4 Å². The van der Waals surface area contributed by atoms with Crippen LogP contribution in [0, 0.1) is 0 Å². The molecule has 0 aliphatic rings. The van der Waals surface area contributed by atoms with Crippen LogP contribution in [-0.2, 0) is 19.3 Å². The van der Waals surface area contributed by atoms with Crippen molar-refractivity contribution in [1.29, 1.82) is 0 Å². The summed E-state index contributed by atoms with van der Waals surface area (Å²) in [5.74, 6) is 0. The van der Waals surface area contributed by atoms with E-state index in [0.717, 1.165) is 0 Å². The van der Waals surface area contributed by atoms with Crippen LogP contribution in [0.2, 0.25) is 0 Å². The summed E-state index contributed by atoms with van der Waals surface area (Å²) in [6.45, 7) is 0. The molecule has 0 heterocycles. The van der Waals surface area contributed by atoms with Crippen molar-refractivity contribution in [1.82, 2.24) is 0 Å². The van der Waals surface area contributed by atoms with Crippen LogP contribution in [-0.4, -0.2) is 0 Å². The Kier molecular flexibility index (Phi) is 103. The monoisotopic (exact) mass is 132 g/mol. The van der Waals surface area contributed by atoms with Gasteiger partial charge in [-0.15, -0.1) is 0 Å². The van der Waals surface area contributed by atoms with Gasteiger partial charge in [-0.25, -0.2) is 0 Å². The van der Waals surface area contributed by atoms with E-state index in [1.807, 2.05) is 0 Å². The molecule has 4 heavy (non-hydrogen) atoms. The van der Waals surface area contributed by atoms with Gasteiger partial charge in [0.25, 0.3) is 0 Å². The maximum atomic E-state index is 7.88. The molecule has 0 saturated carbocycles. The van der Waals surface area contributed by atoms with Gasteiger partial charge >= 0.3 is 48.8 Å². The first-order valence-corrected chi connectivity index (χ1v) is 0.532. The molecule has 0 aliphatic carbocycles. The summed E-state index contributed by atoms with van der Waals surface area (Å²) in [5.41, 5.74) is 0.